The molecular weight excluding hydrogens is 354 g/mol. The highest BCUT2D eigenvalue weighted by Gasteiger charge is 2.34. The van der Waals surface area contributed by atoms with Gasteiger partial charge >= 0.3 is 5.97 Å². The quantitative estimate of drug-likeness (QED) is 0.787. The van der Waals surface area contributed by atoms with Gasteiger partial charge < -0.3 is 14.5 Å². The van der Waals surface area contributed by atoms with E-state index in [-0.39, 0.29) is 23.8 Å². The molecule has 5 nitrogen and oxygen atoms in total. The number of Topliss-reactive ketones (excluding diaryl/α,β-unsaturated/α-hetero) is 1. The second kappa shape index (κ2) is 7.46. The molecule has 0 radical (unpaired) electrons. The molecule has 1 N–H and O–H groups in total. The largest absolute Gasteiger partial charge is 0.497 e. The van der Waals surface area contributed by atoms with E-state index in [0.29, 0.717) is 30.0 Å². The number of carbonyl (C=O) groups is 2. The maximum Gasteiger partial charge on any atom is 0.355 e. The molecule has 1 fully saturated rings. The topological polar surface area (TPSA) is 68.4 Å². The fraction of sp³-hybridized carbons (Fsp3) is 0.478. The van der Waals surface area contributed by atoms with Gasteiger partial charge in [-0.2, -0.15) is 0 Å². The molecule has 0 amide bonds. The van der Waals surface area contributed by atoms with Gasteiger partial charge in [0.25, 0.3) is 0 Å². The van der Waals surface area contributed by atoms with E-state index in [4.69, 9.17) is 9.47 Å². The van der Waals surface area contributed by atoms with E-state index < -0.39 is 0 Å². The maximum atomic E-state index is 12.8. The summed E-state index contributed by atoms with van der Waals surface area (Å²) in [5, 5.41) is 0. The number of aromatic nitrogens is 1. The number of H-pyrrole nitrogens is 1. The fourth-order valence-corrected chi connectivity index (χ4v) is 4.63. The predicted octanol–water partition coefficient (Wildman–Crippen LogP) is 4.59. The number of carbonyl (C=O) groups excluding carboxylic acids is 2. The minimum absolute atomic E-state index is 0.0185. The number of ketones is 1. The summed E-state index contributed by atoms with van der Waals surface area (Å²) in [6.45, 7) is 3.97. The van der Waals surface area contributed by atoms with E-state index in [1.807, 2.05) is 31.2 Å². The molecule has 28 heavy (non-hydrogen) atoms. The SMILES string of the molecule is COc1ccc([C@@H]2CC(=O)c3c([nH]c(C(=O)O[C@@H]4CCC[C@H]4C)c3C)C2)cc1. The molecule has 148 valence electrons. The highest BCUT2D eigenvalue weighted by Crippen LogP contribution is 2.36. The van der Waals surface area contributed by atoms with Gasteiger partial charge in [0.15, 0.2) is 5.78 Å². The molecule has 1 aromatic carbocycles. The number of fused-ring (bicyclic) bond motifs is 1. The van der Waals surface area contributed by atoms with E-state index >= 15 is 0 Å². The Morgan fingerprint density at radius 1 is 1.14 bits per heavy atom. The minimum atomic E-state index is -0.334. The number of hydrogen-bond donors (Lipinski definition) is 1. The van der Waals surface area contributed by atoms with Crippen LogP contribution in [0.2, 0.25) is 0 Å². The zero-order valence-electron chi connectivity index (χ0n) is 16.7. The second-order valence-corrected chi connectivity index (χ2v) is 8.13. The van der Waals surface area contributed by atoms with Crippen LogP contribution in [0.4, 0.5) is 0 Å². The molecule has 2 aliphatic carbocycles. The van der Waals surface area contributed by atoms with Crippen molar-refractivity contribution in [2.45, 2.75) is 58.0 Å². The van der Waals surface area contributed by atoms with Gasteiger partial charge in [-0.15, -0.1) is 0 Å². The summed E-state index contributed by atoms with van der Waals surface area (Å²) >= 11 is 0. The molecule has 0 bridgehead atoms. The van der Waals surface area contributed by atoms with Gasteiger partial charge in [0, 0.05) is 17.7 Å². The van der Waals surface area contributed by atoms with Gasteiger partial charge in [-0.05, 0) is 67.7 Å². The van der Waals surface area contributed by atoms with E-state index in [2.05, 4.69) is 11.9 Å². The van der Waals surface area contributed by atoms with Crippen molar-refractivity contribution < 1.29 is 19.1 Å². The number of nitrogens with one attached hydrogen (secondary N) is 1. The number of ether oxygens (including phenoxy) is 2. The lowest BCUT2D eigenvalue weighted by atomic mass is 9.81. The first-order valence-corrected chi connectivity index (χ1v) is 10.1. The van der Waals surface area contributed by atoms with Crippen LogP contribution in [0.5, 0.6) is 5.75 Å². The van der Waals surface area contributed by atoms with Crippen LogP contribution < -0.4 is 4.74 Å². The molecule has 0 unspecified atom stereocenters. The van der Waals surface area contributed by atoms with Crippen molar-refractivity contribution in [2.75, 3.05) is 7.11 Å². The monoisotopic (exact) mass is 381 g/mol. The van der Waals surface area contributed by atoms with E-state index in [1.54, 1.807) is 7.11 Å². The smallest absolute Gasteiger partial charge is 0.355 e. The number of hydrogen-bond acceptors (Lipinski definition) is 4. The third-order valence-electron chi connectivity index (χ3n) is 6.32. The van der Waals surface area contributed by atoms with Gasteiger partial charge in [-0.1, -0.05) is 19.1 Å². The molecule has 2 aliphatic rings. The average molecular weight is 381 g/mol. The van der Waals surface area contributed by atoms with Crippen LogP contribution in [0.1, 0.15) is 76.2 Å². The van der Waals surface area contributed by atoms with Gasteiger partial charge in [-0.3, -0.25) is 4.79 Å². The fourth-order valence-electron chi connectivity index (χ4n) is 4.63. The van der Waals surface area contributed by atoms with Crippen LogP contribution in [0.3, 0.4) is 0 Å². The second-order valence-electron chi connectivity index (χ2n) is 8.13. The highest BCUT2D eigenvalue weighted by molar-refractivity contribution is 6.03. The number of esters is 1. The molecule has 2 aromatic rings. The van der Waals surface area contributed by atoms with Crippen molar-refractivity contribution >= 4 is 11.8 Å². The lowest BCUT2D eigenvalue weighted by molar-refractivity contribution is 0.0219. The molecule has 3 atom stereocenters. The summed E-state index contributed by atoms with van der Waals surface area (Å²) < 4.78 is 11.0. The number of benzene rings is 1. The van der Waals surface area contributed by atoms with Gasteiger partial charge in [0.1, 0.15) is 17.5 Å². The molecular formula is C23H27NO4. The Morgan fingerprint density at radius 3 is 2.54 bits per heavy atom. The van der Waals surface area contributed by atoms with Crippen LogP contribution in [-0.2, 0) is 11.2 Å². The molecule has 1 aromatic heterocycles. The van der Waals surface area contributed by atoms with Gasteiger partial charge in [-0.25, -0.2) is 4.79 Å². The van der Waals surface area contributed by atoms with Crippen molar-refractivity contribution in [3.05, 3.63) is 52.3 Å². The normalized spacial score (nSPS) is 24.1. The maximum absolute atomic E-state index is 12.8. The summed E-state index contributed by atoms with van der Waals surface area (Å²) in [5.74, 6) is 1.05. The van der Waals surface area contributed by atoms with Crippen LogP contribution in [0, 0.1) is 12.8 Å². The summed E-state index contributed by atoms with van der Waals surface area (Å²) in [7, 11) is 1.64. The van der Waals surface area contributed by atoms with Crippen molar-refractivity contribution in [1.29, 1.82) is 0 Å². The Balaban J connectivity index is 1.56. The molecule has 1 saturated carbocycles. The molecule has 0 aliphatic heterocycles. The molecule has 0 saturated heterocycles. The highest BCUT2D eigenvalue weighted by atomic mass is 16.5. The van der Waals surface area contributed by atoms with Crippen LogP contribution in [0.15, 0.2) is 24.3 Å². The standard InChI is InChI=1S/C23H27NO4/c1-13-5-4-6-20(13)28-23(26)22-14(2)21-18(24-22)11-16(12-19(21)25)15-7-9-17(27-3)10-8-15/h7-10,13,16,20,24H,4-6,11-12H2,1-3H3/t13-,16+,20-/m1/s1. The third kappa shape index (κ3) is 3.34. The Morgan fingerprint density at radius 2 is 1.89 bits per heavy atom. The van der Waals surface area contributed by atoms with E-state index in [9.17, 15) is 9.59 Å². The van der Waals surface area contributed by atoms with Crippen molar-refractivity contribution in [2.24, 2.45) is 5.92 Å². The lowest BCUT2D eigenvalue weighted by Crippen LogP contribution is -2.21. The van der Waals surface area contributed by atoms with E-state index in [1.165, 1.54) is 0 Å². The first-order valence-electron chi connectivity index (χ1n) is 10.1. The number of aromatic amines is 1. The first kappa shape index (κ1) is 18.8. The molecule has 1 heterocycles. The molecule has 5 heteroatoms. The Kier molecular flexibility index (Phi) is 5.00. The Hall–Kier alpha value is -2.56. The van der Waals surface area contributed by atoms with Crippen LogP contribution in [-0.4, -0.2) is 30.0 Å². The summed E-state index contributed by atoms with van der Waals surface area (Å²) in [6, 6.07) is 7.85. The molecule has 4 rings (SSSR count). The average Bonchev–Trinajstić information content (AvgIpc) is 3.25. The van der Waals surface area contributed by atoms with Crippen molar-refractivity contribution in [3.8, 4) is 5.75 Å². The van der Waals surface area contributed by atoms with E-state index in [0.717, 1.165) is 41.8 Å². The zero-order chi connectivity index (χ0) is 19.8. The minimum Gasteiger partial charge on any atom is -0.497 e. The van der Waals surface area contributed by atoms with Crippen LogP contribution in [0.25, 0.3) is 0 Å². The summed E-state index contributed by atoms with van der Waals surface area (Å²) in [4.78, 5) is 28.8. The Labute approximate surface area is 165 Å². The first-order chi connectivity index (χ1) is 13.5. The molecule has 0 spiro atoms. The summed E-state index contributed by atoms with van der Waals surface area (Å²) in [6.07, 6.45) is 4.26. The predicted molar refractivity (Wildman–Crippen MR) is 106 cm³/mol. The van der Waals surface area contributed by atoms with Crippen molar-refractivity contribution in [1.82, 2.24) is 4.98 Å². The third-order valence-corrected chi connectivity index (χ3v) is 6.32. The number of methoxy groups -OCH3 is 1. The summed E-state index contributed by atoms with van der Waals surface area (Å²) in [5.41, 5.74) is 3.80. The van der Waals surface area contributed by atoms with Gasteiger partial charge in [0.05, 0.1) is 7.11 Å². The van der Waals surface area contributed by atoms with Crippen molar-refractivity contribution in [3.63, 3.8) is 0 Å². The zero-order valence-corrected chi connectivity index (χ0v) is 16.7. The lowest BCUT2D eigenvalue weighted by Gasteiger charge is -2.22. The Bertz CT molecular complexity index is 896. The van der Waals surface area contributed by atoms with Gasteiger partial charge in [0.2, 0.25) is 0 Å². The van der Waals surface area contributed by atoms with Crippen LogP contribution >= 0.6 is 0 Å². The number of rotatable bonds is 4.